The molecule has 0 radical (unpaired) electrons. The fourth-order valence-corrected chi connectivity index (χ4v) is 3.40. The van der Waals surface area contributed by atoms with Crippen LogP contribution in [0.2, 0.25) is 5.02 Å². The number of aliphatic carboxylic acids is 1. The Kier molecular flexibility index (Phi) is 5.22. The van der Waals surface area contributed by atoms with Crippen LogP contribution in [0.15, 0.2) is 28.6 Å². The molecule has 2 rings (SSSR count). The van der Waals surface area contributed by atoms with Gasteiger partial charge >= 0.3 is 5.97 Å². The van der Waals surface area contributed by atoms with Gasteiger partial charge in [-0.1, -0.05) is 52.9 Å². The third-order valence-electron chi connectivity index (χ3n) is 2.44. The largest absolute Gasteiger partial charge is 0.481 e. The summed E-state index contributed by atoms with van der Waals surface area (Å²) in [6.45, 7) is 1.98. The van der Waals surface area contributed by atoms with Crippen LogP contribution in [0.4, 0.5) is 5.13 Å². The van der Waals surface area contributed by atoms with Gasteiger partial charge in [0.25, 0.3) is 0 Å². The molecule has 5 nitrogen and oxygen atoms in total. The molecule has 0 spiro atoms. The summed E-state index contributed by atoms with van der Waals surface area (Å²) in [5.74, 6) is -0.890. The van der Waals surface area contributed by atoms with E-state index in [9.17, 15) is 4.79 Å². The fourth-order valence-electron chi connectivity index (χ4n) is 1.54. The number of rotatable bonds is 6. The number of benzene rings is 1. The first-order valence-corrected chi connectivity index (χ1v) is 7.93. The van der Waals surface area contributed by atoms with Crippen LogP contribution >= 0.6 is 34.7 Å². The molecule has 1 atom stereocenters. The number of hydrogen-bond donors (Lipinski definition) is 2. The van der Waals surface area contributed by atoms with Gasteiger partial charge in [-0.25, -0.2) is 0 Å². The molecule has 106 valence electrons. The molecule has 8 heteroatoms. The minimum absolute atomic E-state index is 0.00558. The Hall–Kier alpha value is -1.31. The van der Waals surface area contributed by atoms with E-state index in [1.807, 2.05) is 31.2 Å². The minimum Gasteiger partial charge on any atom is -0.481 e. The Bertz CT molecular complexity index is 606. The summed E-state index contributed by atoms with van der Waals surface area (Å²) in [6, 6.07) is 7.58. The standard InChI is InChI=1S/C12H12ClN3O2S2/c1-7(8-4-2-3-5-9(8)13)14-11-15-16-12(20-11)19-6-10(17)18/h2-5,7H,6H2,1H3,(H,14,15)(H,17,18). The van der Waals surface area contributed by atoms with Gasteiger partial charge in [-0.2, -0.15) is 0 Å². The van der Waals surface area contributed by atoms with Crippen LogP contribution < -0.4 is 5.32 Å². The molecule has 0 saturated carbocycles. The van der Waals surface area contributed by atoms with Gasteiger partial charge in [0, 0.05) is 5.02 Å². The molecular formula is C12H12ClN3O2S2. The number of nitrogens with one attached hydrogen (secondary N) is 1. The van der Waals surface area contributed by atoms with Gasteiger partial charge < -0.3 is 10.4 Å². The van der Waals surface area contributed by atoms with Crippen LogP contribution in [0.5, 0.6) is 0 Å². The fraction of sp³-hybridized carbons (Fsp3) is 0.250. The third kappa shape index (κ3) is 4.09. The smallest absolute Gasteiger partial charge is 0.313 e. The van der Waals surface area contributed by atoms with E-state index in [1.165, 1.54) is 11.3 Å². The van der Waals surface area contributed by atoms with Crippen molar-refractivity contribution in [2.24, 2.45) is 0 Å². The van der Waals surface area contributed by atoms with E-state index in [2.05, 4.69) is 15.5 Å². The molecule has 2 aromatic rings. The zero-order chi connectivity index (χ0) is 14.5. The van der Waals surface area contributed by atoms with Crippen LogP contribution in [0.25, 0.3) is 0 Å². The Morgan fingerprint density at radius 2 is 2.25 bits per heavy atom. The zero-order valence-electron chi connectivity index (χ0n) is 10.5. The van der Waals surface area contributed by atoms with Crippen molar-refractivity contribution in [1.82, 2.24) is 10.2 Å². The van der Waals surface area contributed by atoms with Crippen molar-refractivity contribution in [2.75, 3.05) is 11.1 Å². The number of nitrogens with zero attached hydrogens (tertiary/aromatic N) is 2. The highest BCUT2D eigenvalue weighted by Crippen LogP contribution is 2.29. The molecule has 0 fully saturated rings. The molecule has 1 unspecified atom stereocenters. The summed E-state index contributed by atoms with van der Waals surface area (Å²) in [7, 11) is 0. The molecule has 0 aliphatic heterocycles. The molecule has 0 aliphatic rings. The van der Waals surface area contributed by atoms with Crippen molar-refractivity contribution >= 4 is 45.8 Å². The number of halogens is 1. The van der Waals surface area contributed by atoms with Crippen molar-refractivity contribution in [2.45, 2.75) is 17.3 Å². The number of hydrogen-bond acceptors (Lipinski definition) is 6. The van der Waals surface area contributed by atoms with Gasteiger partial charge in [-0.05, 0) is 18.6 Å². The van der Waals surface area contributed by atoms with Crippen LogP contribution in [-0.2, 0) is 4.79 Å². The number of carbonyl (C=O) groups is 1. The summed E-state index contributed by atoms with van der Waals surface area (Å²) >= 11 is 8.61. The van der Waals surface area contributed by atoms with Gasteiger partial charge in [-0.3, -0.25) is 4.79 Å². The van der Waals surface area contributed by atoms with E-state index in [-0.39, 0.29) is 11.8 Å². The summed E-state index contributed by atoms with van der Waals surface area (Å²) < 4.78 is 0.626. The lowest BCUT2D eigenvalue weighted by atomic mass is 10.1. The van der Waals surface area contributed by atoms with E-state index >= 15 is 0 Å². The molecule has 0 aliphatic carbocycles. The molecule has 0 saturated heterocycles. The van der Waals surface area contributed by atoms with E-state index in [1.54, 1.807) is 0 Å². The Labute approximate surface area is 129 Å². The first kappa shape index (κ1) is 15.1. The van der Waals surface area contributed by atoms with Crippen molar-refractivity contribution in [3.05, 3.63) is 34.9 Å². The monoisotopic (exact) mass is 329 g/mol. The maximum absolute atomic E-state index is 10.5. The molecule has 20 heavy (non-hydrogen) atoms. The van der Waals surface area contributed by atoms with E-state index in [0.717, 1.165) is 17.3 Å². The topological polar surface area (TPSA) is 75.1 Å². The van der Waals surface area contributed by atoms with Gasteiger partial charge in [0.05, 0.1) is 11.8 Å². The SMILES string of the molecule is CC(Nc1nnc(SCC(=O)O)s1)c1ccccc1Cl. The highest BCUT2D eigenvalue weighted by Gasteiger charge is 2.12. The van der Waals surface area contributed by atoms with Gasteiger partial charge in [-0.15, -0.1) is 10.2 Å². The summed E-state index contributed by atoms with van der Waals surface area (Å²) in [4.78, 5) is 10.5. The average molecular weight is 330 g/mol. The van der Waals surface area contributed by atoms with Crippen molar-refractivity contribution in [1.29, 1.82) is 0 Å². The number of carboxylic acids is 1. The lowest BCUT2D eigenvalue weighted by molar-refractivity contribution is -0.133. The van der Waals surface area contributed by atoms with Gasteiger partial charge in [0.15, 0.2) is 4.34 Å². The number of anilines is 1. The summed E-state index contributed by atoms with van der Waals surface area (Å²) in [5.41, 5.74) is 0.976. The normalized spacial score (nSPS) is 12.1. The zero-order valence-corrected chi connectivity index (χ0v) is 12.9. The van der Waals surface area contributed by atoms with Crippen LogP contribution in [0.3, 0.4) is 0 Å². The Morgan fingerprint density at radius 1 is 1.50 bits per heavy atom. The second-order valence-electron chi connectivity index (χ2n) is 3.94. The van der Waals surface area contributed by atoms with Gasteiger partial charge in [0.1, 0.15) is 0 Å². The van der Waals surface area contributed by atoms with E-state index < -0.39 is 5.97 Å². The molecule has 0 bridgehead atoms. The maximum atomic E-state index is 10.5. The minimum atomic E-state index is -0.871. The highest BCUT2D eigenvalue weighted by atomic mass is 35.5. The van der Waals surface area contributed by atoms with Crippen molar-refractivity contribution in [3.63, 3.8) is 0 Å². The molecular weight excluding hydrogens is 318 g/mol. The number of aromatic nitrogens is 2. The number of carboxylic acid groups (broad SMARTS) is 1. The first-order valence-electron chi connectivity index (χ1n) is 5.75. The molecule has 1 aromatic heterocycles. The van der Waals surface area contributed by atoms with E-state index in [4.69, 9.17) is 16.7 Å². The average Bonchev–Trinajstić information content (AvgIpc) is 2.84. The van der Waals surface area contributed by atoms with E-state index in [0.29, 0.717) is 14.5 Å². The number of thioether (sulfide) groups is 1. The van der Waals surface area contributed by atoms with Crippen LogP contribution in [0.1, 0.15) is 18.5 Å². The Balaban J connectivity index is 2.00. The third-order valence-corrected chi connectivity index (χ3v) is 4.75. The van der Waals surface area contributed by atoms with Crippen LogP contribution in [0, 0.1) is 0 Å². The van der Waals surface area contributed by atoms with Crippen molar-refractivity contribution < 1.29 is 9.90 Å². The molecule has 1 aromatic carbocycles. The molecule has 0 amide bonds. The summed E-state index contributed by atoms with van der Waals surface area (Å²) in [5, 5.41) is 21.1. The predicted molar refractivity (Wildman–Crippen MR) is 81.8 cm³/mol. The lowest BCUT2D eigenvalue weighted by Gasteiger charge is -2.14. The Morgan fingerprint density at radius 3 is 2.95 bits per heavy atom. The first-order chi connectivity index (χ1) is 9.56. The second kappa shape index (κ2) is 6.92. The molecule has 2 N–H and O–H groups in total. The lowest BCUT2D eigenvalue weighted by Crippen LogP contribution is -2.06. The maximum Gasteiger partial charge on any atom is 0.313 e. The molecule has 1 heterocycles. The predicted octanol–water partition coefficient (Wildman–Crippen LogP) is 3.54. The quantitative estimate of drug-likeness (QED) is 0.789. The summed E-state index contributed by atoms with van der Waals surface area (Å²) in [6.07, 6.45) is 0. The second-order valence-corrected chi connectivity index (χ2v) is 6.55. The highest BCUT2D eigenvalue weighted by molar-refractivity contribution is 8.01. The van der Waals surface area contributed by atoms with Crippen molar-refractivity contribution in [3.8, 4) is 0 Å². The van der Waals surface area contributed by atoms with Gasteiger partial charge in [0.2, 0.25) is 5.13 Å². The van der Waals surface area contributed by atoms with Crippen LogP contribution in [-0.4, -0.2) is 27.0 Å².